The van der Waals surface area contributed by atoms with Crippen LogP contribution >= 0.6 is 0 Å². The lowest BCUT2D eigenvalue weighted by Gasteiger charge is -2.11. The highest BCUT2D eigenvalue weighted by Gasteiger charge is 2.42. The second-order valence-corrected chi connectivity index (χ2v) is 28.6. The molecule has 0 fully saturated rings. The summed E-state index contributed by atoms with van der Waals surface area (Å²) in [6.07, 6.45) is -25.7. The number of aryl methyl sites for hydroxylation is 6. The molecule has 9 aromatic heterocycles. The number of hydrogen-bond acceptors (Lipinski definition) is 15. The Labute approximate surface area is 544 Å². The van der Waals surface area contributed by atoms with Gasteiger partial charge in [0.15, 0.2) is 29.5 Å². The van der Waals surface area contributed by atoms with Crippen LogP contribution in [-0.2, 0) is 109 Å². The Bertz CT molecular complexity index is 5390. The highest BCUT2D eigenvalue weighted by molar-refractivity contribution is 7.92. The number of fused-ring (bicyclic) bond motifs is 6. The Morgan fingerprint density at radius 3 is 0.778 bits per heavy atom. The van der Waals surface area contributed by atoms with Crippen molar-refractivity contribution in [3.8, 4) is 34.2 Å². The lowest BCUT2D eigenvalue weighted by atomic mass is 10.2. The lowest BCUT2D eigenvalue weighted by molar-refractivity contribution is -0.147. The molecule has 0 N–H and O–H groups in total. The summed E-state index contributed by atoms with van der Waals surface area (Å²) in [5, 5.41) is 0. The summed E-state index contributed by atoms with van der Waals surface area (Å²) in [7, 11) is -4.23. The van der Waals surface area contributed by atoms with Crippen LogP contribution in [0.2, 0.25) is 0 Å². The van der Waals surface area contributed by atoms with Gasteiger partial charge in [0.05, 0.1) is 117 Å². The predicted molar refractivity (Wildman–Crippen MR) is 318 cm³/mol. The highest BCUT2D eigenvalue weighted by atomic mass is 32.2. The van der Waals surface area contributed by atoms with Gasteiger partial charge in [0.1, 0.15) is 34.6 Å². The first-order chi connectivity index (χ1) is 45.4. The molecule has 12 aromatic rings. The number of alkyl halides is 18. The second kappa shape index (κ2) is 24.2. The van der Waals surface area contributed by atoms with Gasteiger partial charge in [-0.3, -0.25) is 0 Å². The molecule has 0 amide bonds. The molecule has 0 radical (unpaired) electrons. The summed E-state index contributed by atoms with van der Waals surface area (Å²) in [6, 6.07) is 8.81. The average molecular weight is 1470 g/mol. The van der Waals surface area contributed by atoms with Crippen LogP contribution in [0.25, 0.3) is 100 Å². The van der Waals surface area contributed by atoms with Gasteiger partial charge in [-0.2, -0.15) is 79.0 Å². The van der Waals surface area contributed by atoms with Crippen LogP contribution in [0.3, 0.4) is 0 Å². The zero-order chi connectivity index (χ0) is 73.5. The van der Waals surface area contributed by atoms with E-state index in [2.05, 4.69) is 44.9 Å². The molecule has 0 aliphatic rings. The molecule has 21 nitrogen and oxygen atoms in total. The van der Waals surface area contributed by atoms with E-state index in [1.807, 2.05) is 0 Å². The van der Waals surface area contributed by atoms with Crippen LogP contribution in [0.4, 0.5) is 79.0 Å². The van der Waals surface area contributed by atoms with E-state index in [0.29, 0.717) is 6.07 Å². The quantitative estimate of drug-likeness (QED) is 0.122. The Balaban J connectivity index is 0.000000161. The fraction of sp³-hybridized carbons (Fsp3) is 0.316. The van der Waals surface area contributed by atoms with Gasteiger partial charge >= 0.3 is 37.1 Å². The number of aromatic nitrogens is 15. The van der Waals surface area contributed by atoms with Gasteiger partial charge < -0.3 is 27.4 Å². The largest absolute Gasteiger partial charge is 0.449 e. The zero-order valence-electron chi connectivity index (χ0n) is 51.7. The van der Waals surface area contributed by atoms with Gasteiger partial charge in [0, 0.05) is 59.0 Å². The van der Waals surface area contributed by atoms with Crippen molar-refractivity contribution in [3.63, 3.8) is 0 Å². The van der Waals surface area contributed by atoms with E-state index < -0.39 is 101 Å². The molecule has 0 atom stereocenters. The van der Waals surface area contributed by atoms with Crippen molar-refractivity contribution in [2.75, 3.05) is 17.3 Å². The van der Waals surface area contributed by atoms with E-state index in [-0.39, 0.29) is 132 Å². The molecule has 12 rings (SSSR count). The monoisotopic (exact) mass is 1470 g/mol. The summed E-state index contributed by atoms with van der Waals surface area (Å²) in [5.41, 5.74) is -4.17. The van der Waals surface area contributed by atoms with Crippen LogP contribution in [0.5, 0.6) is 0 Å². The Morgan fingerprint density at radius 2 is 0.525 bits per heavy atom. The number of imidazole rings is 6. The van der Waals surface area contributed by atoms with Gasteiger partial charge in [-0.25, -0.2) is 70.1 Å². The molecular formula is C57H45F18N15O6S3. The van der Waals surface area contributed by atoms with Gasteiger partial charge in [-0.05, 0) is 54.6 Å². The Kier molecular flexibility index (Phi) is 17.6. The van der Waals surface area contributed by atoms with Gasteiger partial charge in [-0.15, -0.1) is 0 Å². The van der Waals surface area contributed by atoms with Crippen LogP contribution in [-0.4, -0.2) is 115 Å². The van der Waals surface area contributed by atoms with Crippen molar-refractivity contribution < 1.29 is 104 Å². The number of benzene rings is 3. The van der Waals surface area contributed by atoms with Crippen LogP contribution < -0.4 is 0 Å². The first kappa shape index (κ1) is 72.3. The van der Waals surface area contributed by atoms with Gasteiger partial charge in [0.25, 0.3) is 0 Å². The topological polar surface area (TPSA) is 248 Å². The van der Waals surface area contributed by atoms with Crippen molar-refractivity contribution in [2.24, 2.45) is 42.3 Å². The summed E-state index contributed by atoms with van der Waals surface area (Å²) in [5.74, 6) is -4.92. The Hall–Kier alpha value is -9.48. The van der Waals surface area contributed by atoms with Crippen molar-refractivity contribution in [1.29, 1.82) is 0 Å². The number of nitrogens with zero attached hydrogens (tertiary/aromatic N) is 15. The molecule has 0 spiro atoms. The second-order valence-electron chi connectivity index (χ2n) is 21.8. The van der Waals surface area contributed by atoms with E-state index in [9.17, 15) is 104 Å². The number of halogens is 18. The summed E-state index contributed by atoms with van der Waals surface area (Å²) >= 11 is 0. The van der Waals surface area contributed by atoms with E-state index in [1.54, 1.807) is 0 Å². The SMILES string of the molecule is CCS(=O)(=O)c1cc2c(cc1-c1nc3cc(C(F)(F)F)ncc3n1C)nc(C(F)(F)F)n2C.CCS(=O)(=O)c1cc2nc(C(F)(F)F)n(C)c2cc1-c1nc2cc(C(F)(F)F)ncc2n1C.CCS(=O)(=O)c1cc2nc(C(F)(F)F)n(C)c2cc1-c1nc2cc(C(F)(F)F)ncc2n1C. The summed E-state index contributed by atoms with van der Waals surface area (Å²) < 4.78 is 320. The molecule has 0 aliphatic heterocycles. The van der Waals surface area contributed by atoms with Crippen molar-refractivity contribution >= 4 is 95.7 Å². The number of rotatable bonds is 9. The molecule has 0 saturated heterocycles. The maximum Gasteiger partial charge on any atom is 0.449 e. The van der Waals surface area contributed by atoms with Crippen LogP contribution in [0, 0.1) is 0 Å². The van der Waals surface area contributed by atoms with E-state index in [4.69, 9.17) is 0 Å². The predicted octanol–water partition coefficient (Wildman–Crippen LogP) is 13.1. The Morgan fingerprint density at radius 1 is 0.293 bits per heavy atom. The van der Waals surface area contributed by atoms with Crippen molar-refractivity contribution in [1.82, 2.24) is 72.3 Å². The normalized spacial score (nSPS) is 13.4. The smallest absolute Gasteiger partial charge is 0.326 e. The number of pyridine rings is 3. The molecule has 42 heteroatoms. The van der Waals surface area contributed by atoms with Gasteiger partial charge in [-0.1, -0.05) is 20.8 Å². The third-order valence-corrected chi connectivity index (χ3v) is 21.1. The molecule has 3 aromatic carbocycles. The standard InChI is InChI=1S/3C19H15F6N5O2S/c2*1-4-33(31,32)14-6-10-12(30(3)17(28-10)19(23,24)25)5-9(14)16-27-11-7-15(18(20,21)22)26-8-13(11)29(16)2;1-4-33(31,32)14-7-12-10(28-17(30(12)3)19(23,24)25)5-9(14)16-27-11-6-15(18(20,21)22)26-8-13(11)29(16)2/h3*5-8H,4H2,1-3H3. The molecule has 99 heavy (non-hydrogen) atoms. The maximum absolute atomic E-state index is 13.3. The molecule has 0 aliphatic carbocycles. The zero-order valence-corrected chi connectivity index (χ0v) is 54.2. The lowest BCUT2D eigenvalue weighted by Crippen LogP contribution is -2.12. The fourth-order valence-electron chi connectivity index (χ4n) is 10.6. The average Bonchev–Trinajstić information content (AvgIpc) is 1.60. The maximum atomic E-state index is 13.3. The molecule has 0 bridgehead atoms. The number of hydrogen-bond donors (Lipinski definition) is 0. The minimum Gasteiger partial charge on any atom is -0.326 e. The summed E-state index contributed by atoms with van der Waals surface area (Å²) in [4.78, 5) is 32.3. The van der Waals surface area contributed by atoms with Crippen LogP contribution in [0.15, 0.2) is 87.9 Å². The third-order valence-electron chi connectivity index (χ3n) is 15.7. The molecule has 528 valence electrons. The van der Waals surface area contributed by atoms with Crippen molar-refractivity contribution in [3.05, 3.63) is 108 Å². The van der Waals surface area contributed by atoms with E-state index in [0.717, 1.165) is 89.8 Å². The third kappa shape index (κ3) is 13.1. The first-order valence-electron chi connectivity index (χ1n) is 28.1. The minimum absolute atomic E-state index is 0.0199. The molecule has 0 saturated carbocycles. The van der Waals surface area contributed by atoms with Crippen LogP contribution in [0.1, 0.15) is 55.3 Å². The van der Waals surface area contributed by atoms with Gasteiger partial charge in [0.2, 0.25) is 17.5 Å². The summed E-state index contributed by atoms with van der Waals surface area (Å²) in [6.45, 7) is 4.08. The van der Waals surface area contributed by atoms with E-state index >= 15 is 0 Å². The fourth-order valence-corrected chi connectivity index (χ4v) is 13.9. The highest BCUT2D eigenvalue weighted by Crippen LogP contribution is 2.42. The van der Waals surface area contributed by atoms with Crippen molar-refractivity contribution in [2.45, 2.75) is 72.5 Å². The number of sulfone groups is 3. The minimum atomic E-state index is -4.78. The molecule has 0 unspecified atom stereocenters. The van der Waals surface area contributed by atoms with E-state index in [1.165, 1.54) is 67.7 Å². The first-order valence-corrected chi connectivity index (χ1v) is 33.0. The molecular weight excluding hydrogens is 1430 g/mol. The molecule has 9 heterocycles.